The van der Waals surface area contributed by atoms with Crippen molar-refractivity contribution in [3.8, 4) is 22.6 Å². The molecule has 4 rings (SSSR count). The van der Waals surface area contributed by atoms with E-state index in [-0.39, 0.29) is 5.78 Å². The highest BCUT2D eigenvalue weighted by Crippen LogP contribution is 2.27. The van der Waals surface area contributed by atoms with Crippen LogP contribution in [0.2, 0.25) is 0 Å². The third-order valence-electron chi connectivity index (χ3n) is 4.96. The van der Waals surface area contributed by atoms with Crippen molar-refractivity contribution in [3.05, 3.63) is 102 Å². The second-order valence-corrected chi connectivity index (χ2v) is 7.08. The number of aryl methyl sites for hydroxylation is 2. The summed E-state index contributed by atoms with van der Waals surface area (Å²) in [4.78, 5) is 17.2. The molecule has 0 saturated carbocycles. The van der Waals surface area contributed by atoms with Crippen molar-refractivity contribution < 1.29 is 9.53 Å². The molecule has 4 heteroatoms. The van der Waals surface area contributed by atoms with Crippen molar-refractivity contribution >= 4 is 5.78 Å². The molecule has 0 aliphatic heterocycles. The Labute approximate surface area is 170 Å². The number of carbonyl (C=O) groups is 1. The lowest BCUT2D eigenvalue weighted by Crippen LogP contribution is -2.03. The van der Waals surface area contributed by atoms with Gasteiger partial charge >= 0.3 is 0 Å². The topological polar surface area (TPSA) is 44.1 Å². The number of rotatable bonds is 5. The number of hydrogen-bond donors (Lipinski definition) is 0. The summed E-state index contributed by atoms with van der Waals surface area (Å²) in [5.41, 5.74) is 6.45. The highest BCUT2D eigenvalue weighted by atomic mass is 16.5. The van der Waals surface area contributed by atoms with Crippen molar-refractivity contribution in [3.63, 3.8) is 0 Å². The highest BCUT2D eigenvalue weighted by Gasteiger charge is 2.14. The van der Waals surface area contributed by atoms with E-state index >= 15 is 0 Å². The lowest BCUT2D eigenvalue weighted by molar-refractivity contribution is 0.103. The molecule has 3 aromatic carbocycles. The fourth-order valence-corrected chi connectivity index (χ4v) is 3.31. The number of aromatic nitrogens is 2. The van der Waals surface area contributed by atoms with E-state index in [1.807, 2.05) is 54.1 Å². The van der Waals surface area contributed by atoms with Gasteiger partial charge in [-0.15, -0.1) is 0 Å². The molecule has 144 valence electrons. The summed E-state index contributed by atoms with van der Waals surface area (Å²) in [5.74, 6) is 0.594. The van der Waals surface area contributed by atoms with E-state index in [2.05, 4.69) is 36.2 Å². The molecule has 4 nitrogen and oxygen atoms in total. The summed E-state index contributed by atoms with van der Waals surface area (Å²) < 4.78 is 7.41. The summed E-state index contributed by atoms with van der Waals surface area (Å²) in [6.07, 6.45) is 3.65. The lowest BCUT2D eigenvalue weighted by atomic mass is 9.98. The average molecular weight is 382 g/mol. The molecule has 0 bridgehead atoms. The predicted molar refractivity (Wildman–Crippen MR) is 115 cm³/mol. The van der Waals surface area contributed by atoms with Crippen LogP contribution in [-0.2, 0) is 0 Å². The average Bonchev–Trinajstić information content (AvgIpc) is 3.19. The maximum Gasteiger partial charge on any atom is 0.193 e. The van der Waals surface area contributed by atoms with Crippen LogP contribution in [0.4, 0.5) is 0 Å². The summed E-state index contributed by atoms with van der Waals surface area (Å²) in [5, 5.41) is 0. The monoisotopic (exact) mass is 382 g/mol. The standard InChI is InChI=1S/C25H22N2O2/c1-17-4-6-19(7-5-17)20-8-10-21(11-9-20)25(28)22-12-13-23(24(14-22)29-3)27-15-18(2)26-16-27/h4-16H,1-3H3. The van der Waals surface area contributed by atoms with E-state index in [0.29, 0.717) is 16.9 Å². The Morgan fingerprint density at radius 3 is 2.07 bits per heavy atom. The smallest absolute Gasteiger partial charge is 0.193 e. The van der Waals surface area contributed by atoms with Gasteiger partial charge in [0.15, 0.2) is 5.78 Å². The van der Waals surface area contributed by atoms with Gasteiger partial charge in [-0.25, -0.2) is 4.98 Å². The first-order valence-electron chi connectivity index (χ1n) is 9.46. The Hall–Kier alpha value is -3.66. The molecule has 1 heterocycles. The molecule has 0 N–H and O–H groups in total. The van der Waals surface area contributed by atoms with Crippen LogP contribution in [0.15, 0.2) is 79.3 Å². The van der Waals surface area contributed by atoms with Crippen LogP contribution in [0.5, 0.6) is 5.75 Å². The van der Waals surface area contributed by atoms with Crippen LogP contribution >= 0.6 is 0 Å². The number of carbonyl (C=O) groups excluding carboxylic acids is 1. The van der Waals surface area contributed by atoms with Gasteiger partial charge in [-0.1, -0.05) is 54.1 Å². The van der Waals surface area contributed by atoms with E-state index in [1.54, 1.807) is 19.5 Å². The molecule has 0 atom stereocenters. The van der Waals surface area contributed by atoms with Crippen molar-refractivity contribution in [1.29, 1.82) is 0 Å². The number of ether oxygens (including phenoxy) is 1. The second kappa shape index (κ2) is 7.76. The number of methoxy groups -OCH3 is 1. The van der Waals surface area contributed by atoms with Crippen LogP contribution in [0, 0.1) is 13.8 Å². The molecule has 1 aromatic heterocycles. The Bertz CT molecular complexity index is 1160. The minimum Gasteiger partial charge on any atom is -0.495 e. The minimum absolute atomic E-state index is 0.0351. The third-order valence-corrected chi connectivity index (χ3v) is 4.96. The van der Waals surface area contributed by atoms with E-state index < -0.39 is 0 Å². The summed E-state index contributed by atoms with van der Waals surface area (Å²) in [6.45, 7) is 4.00. The molecule has 0 aliphatic carbocycles. The molecule has 0 spiro atoms. The van der Waals surface area contributed by atoms with Gasteiger partial charge in [0.25, 0.3) is 0 Å². The predicted octanol–water partition coefficient (Wildman–Crippen LogP) is 5.40. The lowest BCUT2D eigenvalue weighted by Gasteiger charge is -2.11. The molecule has 0 saturated heterocycles. The number of imidazole rings is 1. The van der Waals surface area contributed by atoms with Crippen molar-refractivity contribution in [2.45, 2.75) is 13.8 Å². The molecule has 0 fully saturated rings. The molecular formula is C25H22N2O2. The first-order valence-corrected chi connectivity index (χ1v) is 9.46. The number of ketones is 1. The Morgan fingerprint density at radius 1 is 0.862 bits per heavy atom. The van der Waals surface area contributed by atoms with Gasteiger partial charge in [0.1, 0.15) is 5.75 Å². The quantitative estimate of drug-likeness (QED) is 0.434. The van der Waals surface area contributed by atoms with Crippen LogP contribution in [-0.4, -0.2) is 22.4 Å². The molecule has 4 aromatic rings. The molecule has 0 radical (unpaired) electrons. The van der Waals surface area contributed by atoms with Gasteiger partial charge in [-0.2, -0.15) is 0 Å². The maximum absolute atomic E-state index is 13.0. The zero-order chi connectivity index (χ0) is 20.4. The van der Waals surface area contributed by atoms with Crippen LogP contribution in [0.25, 0.3) is 16.8 Å². The summed E-state index contributed by atoms with van der Waals surface area (Å²) in [6, 6.07) is 21.6. The molecule has 0 amide bonds. The van der Waals surface area contributed by atoms with Crippen LogP contribution in [0.1, 0.15) is 27.2 Å². The summed E-state index contributed by atoms with van der Waals surface area (Å²) in [7, 11) is 1.60. The van der Waals surface area contributed by atoms with E-state index in [9.17, 15) is 4.79 Å². The van der Waals surface area contributed by atoms with Crippen molar-refractivity contribution in [2.24, 2.45) is 0 Å². The number of hydrogen-bond acceptors (Lipinski definition) is 3. The van der Waals surface area contributed by atoms with Crippen molar-refractivity contribution in [1.82, 2.24) is 9.55 Å². The van der Waals surface area contributed by atoms with E-state index in [4.69, 9.17) is 4.74 Å². The van der Waals surface area contributed by atoms with Crippen LogP contribution < -0.4 is 4.74 Å². The molecule has 0 aliphatic rings. The number of benzene rings is 3. The SMILES string of the molecule is COc1cc(C(=O)c2ccc(-c3ccc(C)cc3)cc2)ccc1-n1cnc(C)c1. The van der Waals surface area contributed by atoms with Gasteiger partial charge in [-0.05, 0) is 43.2 Å². The Morgan fingerprint density at radius 2 is 1.48 bits per heavy atom. The minimum atomic E-state index is -0.0351. The highest BCUT2D eigenvalue weighted by molar-refractivity contribution is 6.09. The third kappa shape index (κ3) is 3.83. The van der Waals surface area contributed by atoms with Crippen molar-refractivity contribution in [2.75, 3.05) is 7.11 Å². The fourth-order valence-electron chi connectivity index (χ4n) is 3.31. The van der Waals surface area contributed by atoms with Gasteiger partial charge in [0.2, 0.25) is 0 Å². The fraction of sp³-hybridized carbons (Fsp3) is 0.120. The zero-order valence-corrected chi connectivity index (χ0v) is 16.7. The van der Waals surface area contributed by atoms with Gasteiger partial charge in [0.05, 0.1) is 24.8 Å². The molecule has 0 unspecified atom stereocenters. The van der Waals surface area contributed by atoms with E-state index in [0.717, 1.165) is 22.5 Å². The largest absolute Gasteiger partial charge is 0.495 e. The first-order chi connectivity index (χ1) is 14.0. The van der Waals surface area contributed by atoms with Gasteiger partial charge < -0.3 is 9.30 Å². The Kier molecular flexibility index (Phi) is 5.00. The second-order valence-electron chi connectivity index (χ2n) is 7.08. The van der Waals surface area contributed by atoms with Gasteiger partial charge in [0, 0.05) is 17.3 Å². The molecular weight excluding hydrogens is 360 g/mol. The van der Waals surface area contributed by atoms with Crippen LogP contribution in [0.3, 0.4) is 0 Å². The first kappa shape index (κ1) is 18.7. The maximum atomic E-state index is 13.0. The normalized spacial score (nSPS) is 10.7. The van der Waals surface area contributed by atoms with E-state index in [1.165, 1.54) is 5.56 Å². The van der Waals surface area contributed by atoms with Gasteiger partial charge in [-0.3, -0.25) is 4.79 Å². The Balaban J connectivity index is 1.61. The number of nitrogens with zero attached hydrogens (tertiary/aromatic N) is 2. The molecule has 29 heavy (non-hydrogen) atoms. The summed E-state index contributed by atoms with van der Waals surface area (Å²) >= 11 is 0. The zero-order valence-electron chi connectivity index (χ0n) is 16.7.